The zero-order valence-corrected chi connectivity index (χ0v) is 20.0. The van der Waals surface area contributed by atoms with Crippen molar-refractivity contribution in [1.82, 2.24) is 14.5 Å². The molecule has 0 bridgehead atoms. The minimum atomic E-state index is -2.94. The molecule has 2 fully saturated rings. The number of hydrogen-bond acceptors (Lipinski definition) is 3. The number of aromatic nitrogens is 2. The summed E-state index contributed by atoms with van der Waals surface area (Å²) in [6.45, 7) is -2.81. The zero-order chi connectivity index (χ0) is 24.2. The van der Waals surface area contributed by atoms with Gasteiger partial charge in [0.1, 0.15) is 18.1 Å². The van der Waals surface area contributed by atoms with Crippen LogP contribution in [0.5, 0.6) is 5.75 Å². The van der Waals surface area contributed by atoms with Crippen LogP contribution in [0, 0.1) is 0 Å². The van der Waals surface area contributed by atoms with Crippen LogP contribution in [0.3, 0.4) is 0 Å². The number of halogens is 2. The molecule has 1 aromatic heterocycles. The van der Waals surface area contributed by atoms with Crippen molar-refractivity contribution >= 4 is 16.9 Å². The third kappa shape index (κ3) is 5.19. The molecule has 0 N–H and O–H groups in total. The number of para-hydroxylation sites is 3. The molecule has 2 aliphatic carbocycles. The number of amides is 1. The molecule has 0 spiro atoms. The molecule has 186 valence electrons. The fraction of sp³-hybridized carbons (Fsp3) is 0.500. The molecule has 0 saturated heterocycles. The summed E-state index contributed by atoms with van der Waals surface area (Å²) in [5, 5.41) is 0. The van der Waals surface area contributed by atoms with E-state index in [4.69, 9.17) is 9.72 Å². The molecule has 7 heteroatoms. The van der Waals surface area contributed by atoms with Crippen LogP contribution in [0.15, 0.2) is 48.5 Å². The van der Waals surface area contributed by atoms with Gasteiger partial charge >= 0.3 is 6.61 Å². The Kier molecular flexibility index (Phi) is 7.30. The van der Waals surface area contributed by atoms with Crippen LogP contribution in [0.1, 0.15) is 64.2 Å². The average molecular weight is 482 g/mol. The van der Waals surface area contributed by atoms with E-state index in [1.54, 1.807) is 18.2 Å². The minimum Gasteiger partial charge on any atom is -0.434 e. The highest BCUT2D eigenvalue weighted by atomic mass is 19.3. The quantitative estimate of drug-likeness (QED) is 0.373. The van der Waals surface area contributed by atoms with Gasteiger partial charge in [-0.2, -0.15) is 8.78 Å². The van der Waals surface area contributed by atoms with Crippen molar-refractivity contribution in [1.29, 1.82) is 0 Å². The van der Waals surface area contributed by atoms with E-state index in [1.165, 1.54) is 44.6 Å². The Balaban J connectivity index is 1.53. The Morgan fingerprint density at radius 1 is 0.914 bits per heavy atom. The second kappa shape index (κ2) is 10.8. The third-order valence-corrected chi connectivity index (χ3v) is 7.52. The molecule has 2 saturated carbocycles. The highest BCUT2D eigenvalue weighted by Crippen LogP contribution is 2.34. The summed E-state index contributed by atoms with van der Waals surface area (Å²) >= 11 is 0. The van der Waals surface area contributed by atoms with E-state index >= 15 is 0 Å². The Labute approximate surface area is 205 Å². The van der Waals surface area contributed by atoms with Gasteiger partial charge in [-0.3, -0.25) is 4.79 Å². The van der Waals surface area contributed by atoms with E-state index in [1.807, 2.05) is 28.8 Å². The maximum Gasteiger partial charge on any atom is 0.387 e. The van der Waals surface area contributed by atoms with Crippen LogP contribution in [0.4, 0.5) is 8.78 Å². The summed E-state index contributed by atoms with van der Waals surface area (Å²) in [4.78, 5) is 21.0. The van der Waals surface area contributed by atoms with Gasteiger partial charge in [-0.05, 0) is 49.9 Å². The highest BCUT2D eigenvalue weighted by Gasteiger charge is 2.33. The van der Waals surface area contributed by atoms with Gasteiger partial charge in [0.2, 0.25) is 5.91 Å². The summed E-state index contributed by atoms with van der Waals surface area (Å²) in [7, 11) is 0. The minimum absolute atomic E-state index is 0.0583. The van der Waals surface area contributed by atoms with Gasteiger partial charge in [-0.25, -0.2) is 4.98 Å². The molecule has 2 aliphatic rings. The van der Waals surface area contributed by atoms with Crippen LogP contribution in [0.2, 0.25) is 0 Å². The smallest absolute Gasteiger partial charge is 0.387 e. The highest BCUT2D eigenvalue weighted by molar-refractivity contribution is 5.85. The molecular weight excluding hydrogens is 448 g/mol. The van der Waals surface area contributed by atoms with E-state index in [-0.39, 0.29) is 30.3 Å². The fourth-order valence-electron chi connectivity index (χ4n) is 5.93. The van der Waals surface area contributed by atoms with Crippen LogP contribution in [0.25, 0.3) is 22.4 Å². The second-order valence-corrected chi connectivity index (χ2v) is 9.77. The van der Waals surface area contributed by atoms with Gasteiger partial charge in [0.25, 0.3) is 0 Å². The number of ether oxygens (including phenoxy) is 1. The molecule has 5 rings (SSSR count). The third-order valence-electron chi connectivity index (χ3n) is 7.52. The van der Waals surface area contributed by atoms with E-state index < -0.39 is 6.61 Å². The molecule has 3 aromatic rings. The lowest BCUT2D eigenvalue weighted by Crippen LogP contribution is -2.50. The monoisotopic (exact) mass is 481 g/mol. The van der Waals surface area contributed by atoms with Crippen molar-refractivity contribution < 1.29 is 18.3 Å². The Morgan fingerprint density at radius 2 is 1.51 bits per heavy atom. The van der Waals surface area contributed by atoms with E-state index in [0.29, 0.717) is 11.4 Å². The summed E-state index contributed by atoms with van der Waals surface area (Å²) in [5.74, 6) is 0.631. The number of imidazole rings is 1. The molecular formula is C28H33F2N3O2. The first kappa shape index (κ1) is 23.8. The van der Waals surface area contributed by atoms with Gasteiger partial charge in [0.05, 0.1) is 16.6 Å². The van der Waals surface area contributed by atoms with Gasteiger partial charge in [-0.1, -0.05) is 62.8 Å². The first-order valence-electron chi connectivity index (χ1n) is 12.9. The summed E-state index contributed by atoms with van der Waals surface area (Å²) in [6.07, 6.45) is 11.4. The second-order valence-electron chi connectivity index (χ2n) is 9.77. The number of rotatable bonds is 7. The van der Waals surface area contributed by atoms with Crippen molar-refractivity contribution in [3.63, 3.8) is 0 Å². The molecule has 0 unspecified atom stereocenters. The van der Waals surface area contributed by atoms with Crippen LogP contribution in [-0.2, 0) is 11.3 Å². The fourth-order valence-corrected chi connectivity index (χ4v) is 5.93. The average Bonchev–Trinajstić information content (AvgIpc) is 3.23. The largest absolute Gasteiger partial charge is 0.434 e. The number of alkyl halides is 2. The number of hydrogen-bond donors (Lipinski definition) is 0. The Bertz CT molecular complexity index is 1130. The van der Waals surface area contributed by atoms with Gasteiger partial charge < -0.3 is 14.2 Å². The molecule has 5 nitrogen and oxygen atoms in total. The number of carbonyl (C=O) groups is 1. The van der Waals surface area contributed by atoms with Gasteiger partial charge in [-0.15, -0.1) is 0 Å². The van der Waals surface area contributed by atoms with Crippen LogP contribution < -0.4 is 4.74 Å². The summed E-state index contributed by atoms with van der Waals surface area (Å²) in [6, 6.07) is 14.9. The number of nitrogens with zero attached hydrogens (tertiary/aromatic N) is 3. The molecule has 0 atom stereocenters. The molecule has 2 aromatic carbocycles. The summed E-state index contributed by atoms with van der Waals surface area (Å²) in [5.41, 5.74) is 2.00. The lowest BCUT2D eigenvalue weighted by atomic mass is 9.88. The topological polar surface area (TPSA) is 47.4 Å². The van der Waals surface area contributed by atoms with E-state index in [9.17, 15) is 13.6 Å². The van der Waals surface area contributed by atoms with Crippen molar-refractivity contribution in [2.24, 2.45) is 0 Å². The zero-order valence-electron chi connectivity index (χ0n) is 20.0. The summed E-state index contributed by atoms with van der Waals surface area (Å²) < 4.78 is 33.0. The Hall–Kier alpha value is -2.96. The van der Waals surface area contributed by atoms with Crippen molar-refractivity contribution in [3.8, 4) is 17.1 Å². The maximum atomic E-state index is 14.0. The number of benzene rings is 2. The predicted octanol–water partition coefficient (Wildman–Crippen LogP) is 6.80. The number of carbonyl (C=O) groups excluding carboxylic acids is 1. The maximum absolute atomic E-state index is 14.0. The lowest BCUT2D eigenvalue weighted by molar-refractivity contribution is -0.138. The molecule has 0 aliphatic heterocycles. The van der Waals surface area contributed by atoms with Crippen LogP contribution >= 0.6 is 0 Å². The SMILES string of the molecule is O=C(Cn1c(-c2ccccc2OC(F)F)nc2ccccc21)N(C1CCCCC1)C1CCCCC1. The van der Waals surface area contributed by atoms with Crippen molar-refractivity contribution in [2.75, 3.05) is 0 Å². The first-order chi connectivity index (χ1) is 17.1. The standard InChI is InChI=1S/C28H33F2N3O2/c29-28(30)35-25-18-10-7-15-22(25)27-31-23-16-8-9-17-24(23)32(27)19-26(34)33(20-11-3-1-4-12-20)21-13-5-2-6-14-21/h7-10,15-18,20-21,28H,1-6,11-14,19H2. The lowest BCUT2D eigenvalue weighted by Gasteiger charge is -2.42. The molecule has 0 radical (unpaired) electrons. The van der Waals surface area contributed by atoms with Crippen LogP contribution in [-0.4, -0.2) is 39.1 Å². The van der Waals surface area contributed by atoms with Gasteiger partial charge in [0, 0.05) is 12.1 Å². The molecule has 35 heavy (non-hydrogen) atoms. The van der Waals surface area contributed by atoms with Gasteiger partial charge in [0.15, 0.2) is 0 Å². The van der Waals surface area contributed by atoms with Crippen molar-refractivity contribution in [3.05, 3.63) is 48.5 Å². The normalized spacial score (nSPS) is 17.7. The Morgan fingerprint density at radius 3 is 2.17 bits per heavy atom. The molecule has 1 amide bonds. The number of fused-ring (bicyclic) bond motifs is 1. The van der Waals surface area contributed by atoms with E-state index in [2.05, 4.69) is 4.90 Å². The molecule has 1 heterocycles. The first-order valence-corrected chi connectivity index (χ1v) is 12.9. The van der Waals surface area contributed by atoms with Crippen molar-refractivity contribution in [2.45, 2.75) is 89.4 Å². The predicted molar refractivity (Wildman–Crippen MR) is 132 cm³/mol. The van der Waals surface area contributed by atoms with E-state index in [0.717, 1.165) is 36.7 Å².